The molecule has 0 aliphatic carbocycles. The van der Waals surface area contributed by atoms with Crippen LogP contribution in [0.1, 0.15) is 68.1 Å². The van der Waals surface area contributed by atoms with Gasteiger partial charge in [-0.25, -0.2) is 14.8 Å². The van der Waals surface area contributed by atoms with Gasteiger partial charge in [0.15, 0.2) is 22.5 Å². The molecule has 3 aromatic rings. The van der Waals surface area contributed by atoms with Gasteiger partial charge in [-0.15, -0.1) is 0 Å². The van der Waals surface area contributed by atoms with E-state index < -0.39 is 23.6 Å². The number of carbonyl (C=O) groups is 3. The summed E-state index contributed by atoms with van der Waals surface area (Å²) >= 11 is 5.92. The fraction of sp³-hybridized carbons (Fsp3) is 0.406. The predicted octanol–water partition coefficient (Wildman–Crippen LogP) is 4.42. The summed E-state index contributed by atoms with van der Waals surface area (Å²) in [4.78, 5) is 45.4. The average Bonchev–Trinajstić information content (AvgIpc) is 2.99. The van der Waals surface area contributed by atoms with Crippen LogP contribution in [0.5, 0.6) is 5.75 Å². The number of rotatable bonds is 15. The fourth-order valence-electron chi connectivity index (χ4n) is 4.20. The molecule has 0 saturated carbocycles. The number of ether oxygens (including phenoxy) is 2. The number of nitrogens with two attached hydrogens (primary N) is 2. The van der Waals surface area contributed by atoms with Crippen LogP contribution in [0.3, 0.4) is 0 Å². The van der Waals surface area contributed by atoms with Gasteiger partial charge < -0.3 is 36.9 Å². The van der Waals surface area contributed by atoms with Crippen LogP contribution in [0, 0.1) is 0 Å². The van der Waals surface area contributed by atoms with Crippen molar-refractivity contribution in [3.05, 3.63) is 76.6 Å². The minimum absolute atomic E-state index is 0.0785. The maximum absolute atomic E-state index is 12.9. The van der Waals surface area contributed by atoms with Gasteiger partial charge in [0.1, 0.15) is 18.0 Å². The zero-order valence-corrected chi connectivity index (χ0v) is 26.7. The normalized spacial score (nSPS) is 11.7. The molecule has 13 heteroatoms. The van der Waals surface area contributed by atoms with Gasteiger partial charge in [-0.3, -0.25) is 9.59 Å². The second kappa shape index (κ2) is 17.0. The average molecular weight is 640 g/mol. The molecular weight excluding hydrogens is 598 g/mol. The van der Waals surface area contributed by atoms with E-state index in [1.54, 1.807) is 20.8 Å². The van der Waals surface area contributed by atoms with Gasteiger partial charge in [-0.2, -0.15) is 0 Å². The molecule has 0 bridgehead atoms. The maximum atomic E-state index is 12.9. The van der Waals surface area contributed by atoms with Crippen molar-refractivity contribution < 1.29 is 23.9 Å². The van der Waals surface area contributed by atoms with Gasteiger partial charge >= 0.3 is 6.09 Å². The molecule has 3 rings (SSSR count). The molecule has 0 fully saturated rings. The van der Waals surface area contributed by atoms with Crippen LogP contribution >= 0.6 is 11.6 Å². The largest absolute Gasteiger partial charge is 0.489 e. The predicted molar refractivity (Wildman–Crippen MR) is 174 cm³/mol. The first-order valence-corrected chi connectivity index (χ1v) is 15.2. The van der Waals surface area contributed by atoms with Crippen molar-refractivity contribution >= 4 is 41.1 Å². The Kier molecular flexibility index (Phi) is 13.2. The third-order valence-electron chi connectivity index (χ3n) is 6.45. The fourth-order valence-corrected chi connectivity index (χ4v) is 4.33. The van der Waals surface area contributed by atoms with E-state index in [0.29, 0.717) is 38.8 Å². The number of carbonyl (C=O) groups excluding carboxylic acids is 3. The number of aromatic nitrogens is 2. The van der Waals surface area contributed by atoms with E-state index in [9.17, 15) is 14.4 Å². The van der Waals surface area contributed by atoms with Crippen molar-refractivity contribution in [3.8, 4) is 5.75 Å². The van der Waals surface area contributed by atoms with Crippen molar-refractivity contribution in [1.82, 2.24) is 25.9 Å². The lowest BCUT2D eigenvalue weighted by Crippen LogP contribution is -2.44. The number of halogens is 1. The lowest BCUT2D eigenvalue weighted by atomic mass is 10.1. The maximum Gasteiger partial charge on any atom is 0.407 e. The number of nitrogens with zero attached hydrogens (tertiary/aromatic N) is 2. The molecule has 0 aliphatic rings. The third kappa shape index (κ3) is 12.9. The lowest BCUT2D eigenvalue weighted by Gasteiger charge is -2.21. The summed E-state index contributed by atoms with van der Waals surface area (Å²) in [6.45, 7) is 6.37. The highest BCUT2D eigenvalue weighted by molar-refractivity contribution is 6.31. The Balaban J connectivity index is 1.51. The first kappa shape index (κ1) is 34.9. The molecule has 242 valence electrons. The Morgan fingerprint density at radius 1 is 0.911 bits per heavy atom. The van der Waals surface area contributed by atoms with E-state index in [1.165, 1.54) is 0 Å². The molecule has 1 atom stereocenters. The van der Waals surface area contributed by atoms with Gasteiger partial charge in [0.25, 0.3) is 5.91 Å². The van der Waals surface area contributed by atoms with Gasteiger partial charge in [0, 0.05) is 25.6 Å². The van der Waals surface area contributed by atoms with Gasteiger partial charge in [-0.05, 0) is 69.7 Å². The Labute approximate surface area is 268 Å². The number of aryl methyl sites for hydroxylation is 1. The van der Waals surface area contributed by atoms with Crippen LogP contribution in [0.2, 0.25) is 5.15 Å². The molecule has 3 amide bonds. The molecule has 0 unspecified atom stereocenters. The van der Waals surface area contributed by atoms with E-state index in [-0.39, 0.29) is 41.4 Å². The number of alkyl carbamates (subject to hydrolysis) is 1. The zero-order valence-electron chi connectivity index (χ0n) is 25.9. The Bertz CT molecular complexity index is 1420. The highest BCUT2D eigenvalue weighted by atomic mass is 35.5. The van der Waals surface area contributed by atoms with E-state index in [1.807, 2.05) is 54.6 Å². The number of nitrogens with one attached hydrogen (secondary N) is 3. The quantitative estimate of drug-likeness (QED) is 0.150. The molecule has 12 nitrogen and oxygen atoms in total. The van der Waals surface area contributed by atoms with E-state index in [2.05, 4.69) is 25.9 Å². The molecule has 0 radical (unpaired) electrons. The lowest BCUT2D eigenvalue weighted by molar-refractivity contribution is -0.121. The number of nitrogen functional groups attached to an aromatic ring is 2. The van der Waals surface area contributed by atoms with Gasteiger partial charge in [-0.1, -0.05) is 54.1 Å². The Morgan fingerprint density at radius 3 is 2.31 bits per heavy atom. The molecule has 1 aromatic heterocycles. The van der Waals surface area contributed by atoms with E-state index >= 15 is 0 Å². The van der Waals surface area contributed by atoms with E-state index in [4.69, 9.17) is 32.5 Å². The van der Waals surface area contributed by atoms with Crippen LogP contribution in [0.15, 0.2) is 54.6 Å². The SMILES string of the molecule is CC(C)(C)OC(=O)NCCCC[C@@H](CNC(=O)c1nc(Cl)c(N)nc1N)NC(=O)CCc1ccc(OCc2ccccc2)cc1. The Morgan fingerprint density at radius 2 is 1.62 bits per heavy atom. The second-order valence-corrected chi connectivity index (χ2v) is 11.8. The number of benzene rings is 2. The second-order valence-electron chi connectivity index (χ2n) is 11.5. The Hall–Kier alpha value is -4.58. The summed E-state index contributed by atoms with van der Waals surface area (Å²) in [5, 5.41) is 8.34. The van der Waals surface area contributed by atoms with Gasteiger partial charge in [0.05, 0.1) is 0 Å². The molecule has 0 spiro atoms. The standard InChI is InChI=1S/C32H42ClN7O5/c1-32(2,3)45-31(43)36-18-8-7-11-23(19-37-30(42)26-28(34)40-29(35)27(33)39-26)38-25(41)17-14-21-12-15-24(16-13-21)44-20-22-9-5-4-6-10-22/h4-6,9-10,12-13,15-16,23H,7-8,11,14,17-20H2,1-3H3,(H,36,43)(H,37,42)(H,38,41)(H4,34,35,40)/t23-/m0/s1. The smallest absolute Gasteiger partial charge is 0.407 e. The summed E-state index contributed by atoms with van der Waals surface area (Å²) in [6, 6.07) is 17.2. The summed E-state index contributed by atoms with van der Waals surface area (Å²) in [6.07, 6.45) is 2.14. The minimum atomic E-state index is -0.595. The highest BCUT2D eigenvalue weighted by Crippen LogP contribution is 2.18. The van der Waals surface area contributed by atoms with Crippen molar-refractivity contribution in [2.45, 2.75) is 71.1 Å². The van der Waals surface area contributed by atoms with Crippen LogP contribution in [0.4, 0.5) is 16.4 Å². The molecule has 2 aromatic carbocycles. The molecule has 0 aliphatic heterocycles. The molecule has 45 heavy (non-hydrogen) atoms. The van der Waals surface area contributed by atoms with Crippen molar-refractivity contribution in [2.75, 3.05) is 24.6 Å². The van der Waals surface area contributed by atoms with Crippen LogP contribution in [0.25, 0.3) is 0 Å². The van der Waals surface area contributed by atoms with Crippen molar-refractivity contribution in [1.29, 1.82) is 0 Å². The molecule has 7 N–H and O–H groups in total. The zero-order chi connectivity index (χ0) is 32.8. The molecule has 0 saturated heterocycles. The number of anilines is 2. The molecule has 1 heterocycles. The highest BCUT2D eigenvalue weighted by Gasteiger charge is 2.19. The number of hydrogen-bond donors (Lipinski definition) is 5. The topological polar surface area (TPSA) is 184 Å². The summed E-state index contributed by atoms with van der Waals surface area (Å²) < 4.78 is 11.1. The minimum Gasteiger partial charge on any atom is -0.489 e. The van der Waals surface area contributed by atoms with Crippen LogP contribution < -0.4 is 32.2 Å². The number of amides is 3. The van der Waals surface area contributed by atoms with Crippen molar-refractivity contribution in [3.63, 3.8) is 0 Å². The number of unbranched alkanes of at least 4 members (excludes halogenated alkanes) is 1. The number of hydrogen-bond acceptors (Lipinski definition) is 9. The van der Waals surface area contributed by atoms with Crippen molar-refractivity contribution in [2.24, 2.45) is 0 Å². The summed E-state index contributed by atoms with van der Waals surface area (Å²) in [7, 11) is 0. The monoisotopic (exact) mass is 639 g/mol. The molecular formula is C32H42ClN7O5. The first-order valence-electron chi connectivity index (χ1n) is 14.8. The van der Waals surface area contributed by atoms with E-state index in [0.717, 1.165) is 16.9 Å². The third-order valence-corrected chi connectivity index (χ3v) is 6.73. The first-order chi connectivity index (χ1) is 21.4. The van der Waals surface area contributed by atoms with Crippen LogP contribution in [-0.4, -0.2) is 52.6 Å². The summed E-state index contributed by atoms with van der Waals surface area (Å²) in [5.41, 5.74) is 12.7. The van der Waals surface area contributed by atoms with Crippen LogP contribution in [-0.2, 0) is 22.6 Å². The summed E-state index contributed by atoms with van der Waals surface area (Å²) in [5.74, 6) is -0.246. The van der Waals surface area contributed by atoms with Gasteiger partial charge in [0.2, 0.25) is 5.91 Å².